The summed E-state index contributed by atoms with van der Waals surface area (Å²) in [7, 11) is 0. The molecule has 21 heavy (non-hydrogen) atoms. The van der Waals surface area contributed by atoms with Gasteiger partial charge in [0.2, 0.25) is 0 Å². The molecule has 5 heteroatoms. The molecule has 1 fully saturated rings. The van der Waals surface area contributed by atoms with Crippen LogP contribution in [0.25, 0.3) is 0 Å². The molecule has 0 bridgehead atoms. The van der Waals surface area contributed by atoms with E-state index in [4.69, 9.17) is 18.9 Å². The first-order valence-electron chi connectivity index (χ1n) is 7.37. The Morgan fingerprint density at radius 3 is 2.62 bits per heavy atom. The van der Waals surface area contributed by atoms with Crippen LogP contribution < -0.4 is 4.74 Å². The Bertz CT molecular complexity index is 398. The van der Waals surface area contributed by atoms with Crippen molar-refractivity contribution in [2.45, 2.75) is 25.6 Å². The number of aldehydes is 1. The third-order valence-electron chi connectivity index (χ3n) is 3.18. The van der Waals surface area contributed by atoms with E-state index < -0.39 is 0 Å². The zero-order valence-corrected chi connectivity index (χ0v) is 12.2. The molecule has 0 N–H and O–H groups in total. The second-order valence-corrected chi connectivity index (χ2v) is 4.81. The highest BCUT2D eigenvalue weighted by Crippen LogP contribution is 2.13. The van der Waals surface area contributed by atoms with Crippen LogP contribution in [0.3, 0.4) is 0 Å². The molecule has 1 aromatic carbocycles. The van der Waals surface area contributed by atoms with Crippen molar-refractivity contribution in [3.8, 4) is 5.75 Å². The van der Waals surface area contributed by atoms with Crippen LogP contribution in [0.1, 0.15) is 29.6 Å². The lowest BCUT2D eigenvalue weighted by atomic mass is 10.2. The van der Waals surface area contributed by atoms with Gasteiger partial charge in [0.25, 0.3) is 0 Å². The van der Waals surface area contributed by atoms with Crippen molar-refractivity contribution in [1.82, 2.24) is 0 Å². The van der Waals surface area contributed by atoms with Crippen molar-refractivity contribution in [2.24, 2.45) is 0 Å². The fourth-order valence-electron chi connectivity index (χ4n) is 2.04. The summed E-state index contributed by atoms with van der Waals surface area (Å²) in [6.07, 6.45) is 4.02. The number of ether oxygens (including phenoxy) is 4. The molecule has 0 radical (unpaired) electrons. The van der Waals surface area contributed by atoms with Crippen molar-refractivity contribution < 1.29 is 23.7 Å². The minimum Gasteiger partial charge on any atom is -0.491 e. The molecular weight excluding hydrogens is 272 g/mol. The summed E-state index contributed by atoms with van der Waals surface area (Å²) in [6, 6.07) is 6.99. The molecule has 116 valence electrons. The molecule has 0 spiro atoms. The molecule has 0 aliphatic carbocycles. The number of hydrogen-bond donors (Lipinski definition) is 0. The highest BCUT2D eigenvalue weighted by Gasteiger charge is 2.13. The molecule has 1 aliphatic rings. The summed E-state index contributed by atoms with van der Waals surface area (Å²) in [4.78, 5) is 10.5. The fourth-order valence-corrected chi connectivity index (χ4v) is 2.04. The second kappa shape index (κ2) is 9.50. The second-order valence-electron chi connectivity index (χ2n) is 4.81. The number of benzene rings is 1. The van der Waals surface area contributed by atoms with Gasteiger partial charge < -0.3 is 18.9 Å². The first-order valence-corrected chi connectivity index (χ1v) is 7.37. The number of carbonyl (C=O) groups is 1. The van der Waals surface area contributed by atoms with Crippen LogP contribution in [0.2, 0.25) is 0 Å². The van der Waals surface area contributed by atoms with Crippen molar-refractivity contribution in [1.29, 1.82) is 0 Å². The third-order valence-corrected chi connectivity index (χ3v) is 3.18. The average Bonchev–Trinajstić information content (AvgIpc) is 2.55. The molecule has 2 rings (SSSR count). The Balaban J connectivity index is 1.46. The van der Waals surface area contributed by atoms with E-state index >= 15 is 0 Å². The fraction of sp³-hybridized carbons (Fsp3) is 0.562. The van der Waals surface area contributed by atoms with Gasteiger partial charge in [-0.15, -0.1) is 0 Å². The van der Waals surface area contributed by atoms with E-state index in [9.17, 15) is 4.79 Å². The quantitative estimate of drug-likeness (QED) is 0.517. The topological polar surface area (TPSA) is 54.0 Å². The highest BCUT2D eigenvalue weighted by atomic mass is 16.7. The van der Waals surface area contributed by atoms with Gasteiger partial charge in [-0.1, -0.05) is 0 Å². The molecule has 1 heterocycles. The van der Waals surface area contributed by atoms with Crippen LogP contribution in [0.15, 0.2) is 24.3 Å². The van der Waals surface area contributed by atoms with Gasteiger partial charge in [-0.05, 0) is 43.5 Å². The molecule has 1 unspecified atom stereocenters. The standard InChI is InChI=1S/C16H22O5/c17-13-14-4-6-15(7-5-14)19-11-9-18-10-12-21-16-3-1-2-8-20-16/h4-7,13,16H,1-3,8-12H2. The number of carbonyl (C=O) groups excluding carboxylic acids is 1. The summed E-state index contributed by atoms with van der Waals surface area (Å²) in [5, 5.41) is 0. The maximum absolute atomic E-state index is 10.5. The van der Waals surface area contributed by atoms with Crippen LogP contribution in [-0.2, 0) is 14.2 Å². The maximum atomic E-state index is 10.5. The summed E-state index contributed by atoms with van der Waals surface area (Å²) < 4.78 is 21.9. The lowest BCUT2D eigenvalue weighted by Gasteiger charge is -2.22. The maximum Gasteiger partial charge on any atom is 0.157 e. The van der Waals surface area contributed by atoms with Gasteiger partial charge in [0.05, 0.1) is 19.8 Å². The largest absolute Gasteiger partial charge is 0.491 e. The van der Waals surface area contributed by atoms with E-state index in [0.717, 1.165) is 31.5 Å². The van der Waals surface area contributed by atoms with Crippen molar-refractivity contribution in [2.75, 3.05) is 33.0 Å². The Kier molecular flexibility index (Phi) is 7.21. The summed E-state index contributed by atoms with van der Waals surface area (Å²) in [5.41, 5.74) is 0.640. The molecular formula is C16H22O5. The van der Waals surface area contributed by atoms with Crippen LogP contribution in [0.5, 0.6) is 5.75 Å². The van der Waals surface area contributed by atoms with Gasteiger partial charge in [-0.3, -0.25) is 4.79 Å². The van der Waals surface area contributed by atoms with Gasteiger partial charge in [0.1, 0.15) is 18.6 Å². The first-order chi connectivity index (χ1) is 10.4. The van der Waals surface area contributed by atoms with Crippen LogP contribution >= 0.6 is 0 Å². The molecule has 1 aliphatic heterocycles. The van der Waals surface area contributed by atoms with Gasteiger partial charge in [0, 0.05) is 12.2 Å². The zero-order valence-electron chi connectivity index (χ0n) is 12.2. The molecule has 1 atom stereocenters. The van der Waals surface area contributed by atoms with Gasteiger partial charge in [0.15, 0.2) is 6.29 Å². The van der Waals surface area contributed by atoms with Crippen LogP contribution in [-0.4, -0.2) is 45.6 Å². The Labute approximate surface area is 125 Å². The normalized spacial score (nSPS) is 18.4. The smallest absolute Gasteiger partial charge is 0.157 e. The molecule has 5 nitrogen and oxygen atoms in total. The Morgan fingerprint density at radius 1 is 1.10 bits per heavy atom. The molecule has 1 aromatic rings. The van der Waals surface area contributed by atoms with Gasteiger partial charge in [-0.25, -0.2) is 0 Å². The van der Waals surface area contributed by atoms with Crippen molar-refractivity contribution in [3.05, 3.63) is 29.8 Å². The summed E-state index contributed by atoms with van der Waals surface area (Å²) >= 11 is 0. The molecule has 0 amide bonds. The zero-order chi connectivity index (χ0) is 14.8. The summed E-state index contributed by atoms with van der Waals surface area (Å²) in [6.45, 7) is 2.85. The van der Waals surface area contributed by atoms with E-state index in [2.05, 4.69) is 0 Å². The van der Waals surface area contributed by atoms with E-state index in [-0.39, 0.29) is 6.29 Å². The third kappa shape index (κ3) is 6.25. The Hall–Kier alpha value is -1.43. The van der Waals surface area contributed by atoms with Crippen molar-refractivity contribution >= 4 is 6.29 Å². The molecule has 0 aromatic heterocycles. The number of rotatable bonds is 9. The minimum atomic E-state index is -0.0602. The van der Waals surface area contributed by atoms with Gasteiger partial charge >= 0.3 is 0 Å². The van der Waals surface area contributed by atoms with E-state index in [1.54, 1.807) is 24.3 Å². The SMILES string of the molecule is O=Cc1ccc(OCCOCCOC2CCCCO2)cc1. The van der Waals surface area contributed by atoms with E-state index in [1.165, 1.54) is 6.42 Å². The van der Waals surface area contributed by atoms with Gasteiger partial charge in [-0.2, -0.15) is 0 Å². The van der Waals surface area contributed by atoms with E-state index in [1.807, 2.05) is 0 Å². The minimum absolute atomic E-state index is 0.0602. The first kappa shape index (κ1) is 15.9. The number of hydrogen-bond acceptors (Lipinski definition) is 5. The predicted octanol–water partition coefficient (Wildman–Crippen LogP) is 2.44. The monoisotopic (exact) mass is 294 g/mol. The molecule has 0 saturated carbocycles. The highest BCUT2D eigenvalue weighted by molar-refractivity contribution is 5.74. The van der Waals surface area contributed by atoms with E-state index in [0.29, 0.717) is 32.0 Å². The lowest BCUT2D eigenvalue weighted by molar-refractivity contribution is -0.169. The average molecular weight is 294 g/mol. The Morgan fingerprint density at radius 2 is 1.90 bits per heavy atom. The van der Waals surface area contributed by atoms with Crippen LogP contribution in [0.4, 0.5) is 0 Å². The predicted molar refractivity (Wildman–Crippen MR) is 77.7 cm³/mol. The molecule has 1 saturated heterocycles. The van der Waals surface area contributed by atoms with Crippen molar-refractivity contribution in [3.63, 3.8) is 0 Å². The summed E-state index contributed by atoms with van der Waals surface area (Å²) in [5.74, 6) is 0.732. The van der Waals surface area contributed by atoms with Crippen LogP contribution in [0, 0.1) is 0 Å². The lowest BCUT2D eigenvalue weighted by Crippen LogP contribution is -2.24.